The quantitative estimate of drug-likeness (QED) is 0.402. The fraction of sp³-hybridized carbons (Fsp3) is 0.667. The van der Waals surface area contributed by atoms with Crippen molar-refractivity contribution in [3.63, 3.8) is 0 Å². The minimum absolute atomic E-state index is 0.0255. The van der Waals surface area contributed by atoms with Gasteiger partial charge in [-0.1, -0.05) is 0 Å². The molecular weight excluding hydrogens is 108 g/mol. The van der Waals surface area contributed by atoms with E-state index in [1.165, 1.54) is 0 Å². The van der Waals surface area contributed by atoms with Crippen molar-refractivity contribution in [1.29, 1.82) is 0 Å². The molecule has 1 rings (SSSR count). The molecule has 1 atom stereocenters. The van der Waals surface area contributed by atoms with Gasteiger partial charge in [0.2, 0.25) is 0 Å². The van der Waals surface area contributed by atoms with Gasteiger partial charge in [0.05, 0.1) is 12.6 Å². The van der Waals surface area contributed by atoms with Gasteiger partial charge in [-0.25, -0.2) is 0 Å². The Bertz CT molecular complexity index is 103. The molecule has 3 nitrogen and oxygen atoms in total. The lowest BCUT2D eigenvalue weighted by Crippen LogP contribution is -2.42. The van der Waals surface area contributed by atoms with Gasteiger partial charge in [-0.3, -0.25) is 4.99 Å². The fourth-order valence-electron chi connectivity index (χ4n) is 0.379. The number of rotatable bonds is 0. The van der Waals surface area contributed by atoms with Gasteiger partial charge < -0.3 is 10.2 Å². The summed E-state index contributed by atoms with van der Waals surface area (Å²) in [6.07, 6.45) is 0. The lowest BCUT2D eigenvalue weighted by molar-refractivity contribution is 0.526. The summed E-state index contributed by atoms with van der Waals surface area (Å²) in [4.78, 5) is 3.79. The highest BCUT2D eigenvalue weighted by atomic mass is 28.2. The van der Waals surface area contributed by atoms with Crippen LogP contribution < -0.4 is 5.73 Å². The first kappa shape index (κ1) is 4.80. The molecule has 0 aliphatic carbocycles. The van der Waals surface area contributed by atoms with Crippen molar-refractivity contribution >= 4 is 16.4 Å². The predicted octanol–water partition coefficient (Wildman–Crippen LogP) is -1.17. The van der Waals surface area contributed by atoms with Crippen LogP contribution in [0.4, 0.5) is 0 Å². The summed E-state index contributed by atoms with van der Waals surface area (Å²) >= 11 is 0. The van der Waals surface area contributed by atoms with Crippen LogP contribution in [0.15, 0.2) is 4.99 Å². The molecule has 1 aliphatic rings. The van der Waals surface area contributed by atoms with Crippen molar-refractivity contribution in [2.24, 2.45) is 10.7 Å². The summed E-state index contributed by atoms with van der Waals surface area (Å²) < 4.78 is 4.53. The van der Waals surface area contributed by atoms with Gasteiger partial charge in [0.25, 0.3) is 0 Å². The Morgan fingerprint density at radius 3 is 2.71 bits per heavy atom. The molecule has 0 aromatic rings. The third-order valence-electron chi connectivity index (χ3n) is 0.866. The Balaban J connectivity index is 2.41. The zero-order valence-electron chi connectivity index (χ0n) is 3.72. The standard InChI is InChI=1S/C3H5N2OSi/c4-2-1-5-3(2)6-7/h2H,1,4H2/t2-/m1/s1. The molecule has 0 unspecified atom stereocenters. The van der Waals surface area contributed by atoms with E-state index < -0.39 is 0 Å². The van der Waals surface area contributed by atoms with Crippen molar-refractivity contribution in [3.8, 4) is 0 Å². The Labute approximate surface area is 45.1 Å². The Kier molecular flexibility index (Phi) is 1.12. The van der Waals surface area contributed by atoms with Gasteiger partial charge in [-0.2, -0.15) is 0 Å². The maximum atomic E-state index is 5.35. The monoisotopic (exact) mass is 113 g/mol. The molecule has 0 aromatic heterocycles. The van der Waals surface area contributed by atoms with Crippen molar-refractivity contribution < 1.29 is 4.43 Å². The first-order valence-electron chi connectivity index (χ1n) is 1.98. The molecule has 1 heterocycles. The van der Waals surface area contributed by atoms with Crippen molar-refractivity contribution in [2.45, 2.75) is 6.04 Å². The molecule has 0 saturated carbocycles. The summed E-state index contributed by atoms with van der Waals surface area (Å²) in [7, 11) is 2.80. The van der Waals surface area contributed by atoms with Crippen molar-refractivity contribution in [2.75, 3.05) is 6.54 Å². The molecule has 1 aliphatic heterocycles. The molecule has 2 N–H and O–H groups in total. The lowest BCUT2D eigenvalue weighted by atomic mass is 10.2. The highest BCUT2D eigenvalue weighted by molar-refractivity contribution is 6.08. The summed E-state index contributed by atoms with van der Waals surface area (Å²) in [5.41, 5.74) is 5.35. The Morgan fingerprint density at radius 1 is 2.00 bits per heavy atom. The highest BCUT2D eigenvalue weighted by Crippen LogP contribution is 1.98. The number of hydrogen-bond donors (Lipinski definition) is 1. The van der Waals surface area contributed by atoms with Gasteiger partial charge in [0, 0.05) is 0 Å². The maximum absolute atomic E-state index is 5.35. The third-order valence-corrected chi connectivity index (χ3v) is 1.07. The van der Waals surface area contributed by atoms with Crippen LogP contribution in [-0.4, -0.2) is 29.0 Å². The SMILES string of the molecule is N[C@@H]1CN=C1O[Si]. The first-order chi connectivity index (χ1) is 3.34. The molecule has 0 amide bonds. The number of nitrogens with zero attached hydrogens (tertiary/aromatic N) is 1. The van der Waals surface area contributed by atoms with E-state index in [2.05, 4.69) is 19.9 Å². The Hall–Kier alpha value is -0.353. The topological polar surface area (TPSA) is 47.6 Å². The smallest absolute Gasteiger partial charge is 0.342 e. The van der Waals surface area contributed by atoms with E-state index in [1.54, 1.807) is 0 Å². The second kappa shape index (κ2) is 1.63. The zero-order valence-corrected chi connectivity index (χ0v) is 4.72. The van der Waals surface area contributed by atoms with Gasteiger partial charge >= 0.3 is 10.5 Å². The third kappa shape index (κ3) is 0.663. The second-order valence-corrected chi connectivity index (χ2v) is 1.59. The van der Waals surface area contributed by atoms with Gasteiger partial charge in [0.1, 0.15) is 0 Å². The minimum Gasteiger partial charge on any atom is -0.530 e. The fourth-order valence-corrected chi connectivity index (χ4v) is 0.595. The van der Waals surface area contributed by atoms with E-state index in [-0.39, 0.29) is 6.04 Å². The summed E-state index contributed by atoms with van der Waals surface area (Å²) in [5.74, 6) is 0.594. The molecular formula is C3H5N2OSi. The number of aliphatic imine (C=N–C) groups is 1. The molecule has 0 aromatic carbocycles. The van der Waals surface area contributed by atoms with E-state index >= 15 is 0 Å². The van der Waals surface area contributed by atoms with E-state index in [0.717, 1.165) is 0 Å². The second-order valence-electron chi connectivity index (χ2n) is 1.39. The van der Waals surface area contributed by atoms with Crippen LogP contribution in [0.5, 0.6) is 0 Å². The molecule has 4 heteroatoms. The van der Waals surface area contributed by atoms with E-state index in [0.29, 0.717) is 12.4 Å². The molecule has 0 saturated heterocycles. The summed E-state index contributed by atoms with van der Waals surface area (Å²) in [6, 6.07) is 0.0255. The van der Waals surface area contributed by atoms with Gasteiger partial charge in [-0.05, 0) is 0 Å². The Morgan fingerprint density at radius 2 is 2.71 bits per heavy atom. The average Bonchev–Trinajstić information content (AvgIpc) is 1.65. The van der Waals surface area contributed by atoms with Crippen LogP contribution in [0.3, 0.4) is 0 Å². The van der Waals surface area contributed by atoms with Crippen molar-refractivity contribution in [1.82, 2.24) is 0 Å². The molecule has 7 heavy (non-hydrogen) atoms. The van der Waals surface area contributed by atoms with Crippen molar-refractivity contribution in [3.05, 3.63) is 0 Å². The highest BCUT2D eigenvalue weighted by Gasteiger charge is 2.18. The van der Waals surface area contributed by atoms with E-state index in [4.69, 9.17) is 5.73 Å². The molecule has 0 bridgehead atoms. The molecule has 3 radical (unpaired) electrons. The van der Waals surface area contributed by atoms with Gasteiger partial charge in [-0.15, -0.1) is 0 Å². The van der Waals surface area contributed by atoms with E-state index in [1.807, 2.05) is 0 Å². The van der Waals surface area contributed by atoms with Gasteiger partial charge in [0.15, 0.2) is 5.90 Å². The van der Waals surface area contributed by atoms with E-state index in [9.17, 15) is 0 Å². The molecule has 0 fully saturated rings. The zero-order chi connectivity index (χ0) is 5.28. The lowest BCUT2D eigenvalue weighted by Gasteiger charge is -2.19. The average molecular weight is 113 g/mol. The molecule has 37 valence electrons. The normalized spacial score (nSPS) is 28.3. The van der Waals surface area contributed by atoms with Crippen LogP contribution in [0.1, 0.15) is 0 Å². The van der Waals surface area contributed by atoms with Crippen LogP contribution in [0.25, 0.3) is 0 Å². The predicted molar refractivity (Wildman–Crippen MR) is 27.1 cm³/mol. The first-order valence-corrected chi connectivity index (χ1v) is 2.39. The largest absolute Gasteiger partial charge is 0.530 e. The minimum atomic E-state index is 0.0255. The molecule has 0 spiro atoms. The maximum Gasteiger partial charge on any atom is 0.342 e. The number of hydrogen-bond acceptors (Lipinski definition) is 3. The van der Waals surface area contributed by atoms with Crippen LogP contribution in [0.2, 0.25) is 0 Å². The summed E-state index contributed by atoms with van der Waals surface area (Å²) in [5, 5.41) is 0. The number of nitrogens with two attached hydrogens (primary N) is 1. The van der Waals surface area contributed by atoms with Crippen LogP contribution in [0, 0.1) is 0 Å². The van der Waals surface area contributed by atoms with Crippen LogP contribution in [-0.2, 0) is 4.43 Å². The van der Waals surface area contributed by atoms with Crippen LogP contribution >= 0.6 is 0 Å². The summed E-state index contributed by atoms with van der Waals surface area (Å²) in [6.45, 7) is 0.694.